The summed E-state index contributed by atoms with van der Waals surface area (Å²) < 4.78 is 4.04. The van der Waals surface area contributed by atoms with Crippen molar-refractivity contribution in [2.75, 3.05) is 0 Å². The summed E-state index contributed by atoms with van der Waals surface area (Å²) in [5.74, 6) is 0.186. The van der Waals surface area contributed by atoms with Gasteiger partial charge < -0.3 is 9.90 Å². The first-order valence-corrected chi connectivity index (χ1v) is 5.38. The van der Waals surface area contributed by atoms with Crippen LogP contribution in [-0.2, 0) is 24.8 Å². The highest BCUT2D eigenvalue weighted by Crippen LogP contribution is 2.02. The molecular weight excluding hydrogens is 192 g/mol. The number of carbonyl (C=O) groups excluding carboxylic acids is 1. The molecular formula is C11H18N2O2. The predicted molar refractivity (Wildman–Crippen MR) is 53.8 cm³/mol. The van der Waals surface area contributed by atoms with E-state index in [0.717, 1.165) is 19.3 Å². The Hall–Kier alpha value is -1.32. The Morgan fingerprint density at radius 2 is 2.33 bits per heavy atom. The van der Waals surface area contributed by atoms with Gasteiger partial charge >= 0.3 is 0 Å². The van der Waals surface area contributed by atoms with Gasteiger partial charge in [-0.2, -0.15) is 0 Å². The number of aryl methyl sites for hydroxylation is 2. The van der Waals surface area contributed by atoms with E-state index in [0.29, 0.717) is 6.54 Å². The fraction of sp³-hybridized carbons (Fsp3) is 0.636. The molecule has 0 fully saturated rings. The Bertz CT molecular complexity index is 331. The van der Waals surface area contributed by atoms with Crippen molar-refractivity contribution in [3.8, 4) is 0 Å². The molecule has 15 heavy (non-hydrogen) atoms. The third kappa shape index (κ3) is 3.38. The Morgan fingerprint density at radius 3 is 2.93 bits per heavy atom. The smallest absolute Gasteiger partial charge is 0.256 e. The van der Waals surface area contributed by atoms with Crippen molar-refractivity contribution in [3.05, 3.63) is 18.2 Å². The molecule has 0 aromatic carbocycles. The lowest BCUT2D eigenvalue weighted by Gasteiger charge is -2.03. The maximum atomic E-state index is 10.4. The molecule has 0 aliphatic rings. The number of carboxylic acids is 1. The average molecular weight is 210 g/mol. The van der Waals surface area contributed by atoms with Crippen LogP contribution in [0.1, 0.15) is 32.0 Å². The number of imidazole rings is 1. The van der Waals surface area contributed by atoms with Gasteiger partial charge in [-0.3, -0.25) is 0 Å². The molecule has 0 atom stereocenters. The van der Waals surface area contributed by atoms with Gasteiger partial charge in [-0.15, -0.1) is 0 Å². The summed E-state index contributed by atoms with van der Waals surface area (Å²) in [7, 11) is 1.99. The second kappa shape index (κ2) is 5.53. The van der Waals surface area contributed by atoms with Gasteiger partial charge in [-0.05, 0) is 6.42 Å². The molecule has 1 heterocycles. The fourth-order valence-electron chi connectivity index (χ4n) is 1.63. The van der Waals surface area contributed by atoms with Crippen LogP contribution in [0.4, 0.5) is 0 Å². The average Bonchev–Trinajstić information content (AvgIpc) is 2.53. The largest absolute Gasteiger partial charge is 0.550 e. The van der Waals surface area contributed by atoms with Gasteiger partial charge in [0.1, 0.15) is 12.4 Å². The second-order valence-corrected chi connectivity index (χ2v) is 3.74. The first kappa shape index (κ1) is 11.8. The minimum atomic E-state index is -0.993. The molecule has 0 radical (unpaired) electrons. The monoisotopic (exact) mass is 210 g/mol. The van der Waals surface area contributed by atoms with Crippen LogP contribution in [0.25, 0.3) is 0 Å². The molecule has 1 rings (SSSR count). The lowest BCUT2D eigenvalue weighted by Crippen LogP contribution is -2.32. The van der Waals surface area contributed by atoms with E-state index >= 15 is 0 Å². The van der Waals surface area contributed by atoms with Crippen LogP contribution in [0.15, 0.2) is 12.4 Å². The first-order valence-electron chi connectivity index (χ1n) is 5.38. The molecule has 84 valence electrons. The van der Waals surface area contributed by atoms with E-state index in [1.165, 1.54) is 5.82 Å². The van der Waals surface area contributed by atoms with Gasteiger partial charge in [0.05, 0.1) is 13.6 Å². The van der Waals surface area contributed by atoms with Crippen molar-refractivity contribution in [1.82, 2.24) is 4.57 Å². The zero-order valence-electron chi connectivity index (χ0n) is 9.40. The highest BCUT2D eigenvalue weighted by molar-refractivity contribution is 5.64. The molecule has 4 heteroatoms. The maximum absolute atomic E-state index is 10.4. The molecule has 0 bridgehead atoms. The maximum Gasteiger partial charge on any atom is 0.256 e. The van der Waals surface area contributed by atoms with Gasteiger partial charge in [0.2, 0.25) is 0 Å². The fourth-order valence-corrected chi connectivity index (χ4v) is 1.63. The summed E-state index contributed by atoms with van der Waals surface area (Å²) >= 11 is 0. The van der Waals surface area contributed by atoms with Crippen molar-refractivity contribution < 1.29 is 14.5 Å². The number of hydrogen-bond acceptors (Lipinski definition) is 2. The normalized spacial score (nSPS) is 10.5. The number of carbonyl (C=O) groups is 1. The summed E-state index contributed by atoms with van der Waals surface area (Å²) in [6, 6.07) is 0. The van der Waals surface area contributed by atoms with Crippen LogP contribution in [0, 0.1) is 0 Å². The van der Waals surface area contributed by atoms with Gasteiger partial charge in [0.25, 0.3) is 5.82 Å². The van der Waals surface area contributed by atoms with E-state index in [1.54, 1.807) is 0 Å². The number of carboxylic acid groups (broad SMARTS) is 1. The molecule has 1 aromatic rings. The number of nitrogens with zero attached hydrogens (tertiary/aromatic N) is 2. The Balaban J connectivity index is 2.65. The molecule has 0 unspecified atom stereocenters. The molecule has 0 N–H and O–H groups in total. The van der Waals surface area contributed by atoms with Crippen LogP contribution >= 0.6 is 0 Å². The van der Waals surface area contributed by atoms with Crippen molar-refractivity contribution in [2.45, 2.75) is 39.2 Å². The van der Waals surface area contributed by atoms with Gasteiger partial charge in [0.15, 0.2) is 0 Å². The lowest BCUT2D eigenvalue weighted by molar-refractivity contribution is -0.678. The van der Waals surface area contributed by atoms with Crippen LogP contribution in [0.5, 0.6) is 0 Å². The Kier molecular flexibility index (Phi) is 4.34. The SMILES string of the molecule is CCCCc1n(CCC(=O)[O-])cc[n+]1C. The standard InChI is InChI=1S/C11H18N2O2/c1-3-4-5-10-12(2)8-9-13(10)7-6-11(14)15/h8-9H,3-7H2,1-2H3. The van der Waals surface area contributed by atoms with Crippen LogP contribution in [0.2, 0.25) is 0 Å². The third-order valence-electron chi connectivity index (χ3n) is 2.52. The highest BCUT2D eigenvalue weighted by atomic mass is 16.4. The van der Waals surface area contributed by atoms with Gasteiger partial charge in [-0.1, -0.05) is 13.3 Å². The zero-order valence-corrected chi connectivity index (χ0v) is 9.40. The van der Waals surface area contributed by atoms with Crippen molar-refractivity contribution in [3.63, 3.8) is 0 Å². The number of rotatable bonds is 6. The van der Waals surface area contributed by atoms with Crippen molar-refractivity contribution in [2.24, 2.45) is 7.05 Å². The summed E-state index contributed by atoms with van der Waals surface area (Å²) in [4.78, 5) is 10.4. The molecule has 0 saturated carbocycles. The minimum Gasteiger partial charge on any atom is -0.550 e. The predicted octanol–water partition coefficient (Wildman–Crippen LogP) is -0.205. The molecule has 1 aromatic heterocycles. The molecule has 0 saturated heterocycles. The summed E-state index contributed by atoms with van der Waals surface area (Å²) in [5, 5.41) is 10.4. The minimum absolute atomic E-state index is 0.0772. The lowest BCUT2D eigenvalue weighted by atomic mass is 10.2. The van der Waals surface area contributed by atoms with E-state index in [1.807, 2.05) is 28.6 Å². The number of aromatic nitrogens is 2. The van der Waals surface area contributed by atoms with E-state index in [2.05, 4.69) is 6.92 Å². The van der Waals surface area contributed by atoms with E-state index in [4.69, 9.17) is 0 Å². The first-order chi connectivity index (χ1) is 7.15. The van der Waals surface area contributed by atoms with Crippen molar-refractivity contribution in [1.29, 1.82) is 0 Å². The Labute approximate surface area is 90.2 Å². The molecule has 0 spiro atoms. The molecule has 0 aliphatic carbocycles. The van der Waals surface area contributed by atoms with E-state index < -0.39 is 5.97 Å². The van der Waals surface area contributed by atoms with Crippen LogP contribution in [0.3, 0.4) is 0 Å². The quantitative estimate of drug-likeness (QED) is 0.610. The second-order valence-electron chi connectivity index (χ2n) is 3.74. The summed E-state index contributed by atoms with van der Waals surface area (Å²) in [6.07, 6.45) is 7.23. The molecule has 0 aliphatic heterocycles. The van der Waals surface area contributed by atoms with Crippen LogP contribution < -0.4 is 9.67 Å². The molecule has 4 nitrogen and oxygen atoms in total. The highest BCUT2D eigenvalue weighted by Gasteiger charge is 2.12. The van der Waals surface area contributed by atoms with E-state index in [-0.39, 0.29) is 6.42 Å². The Morgan fingerprint density at radius 1 is 1.60 bits per heavy atom. The number of aliphatic carboxylic acids is 1. The third-order valence-corrected chi connectivity index (χ3v) is 2.52. The van der Waals surface area contributed by atoms with E-state index in [9.17, 15) is 9.90 Å². The number of hydrogen-bond donors (Lipinski definition) is 0. The zero-order chi connectivity index (χ0) is 11.3. The summed E-state index contributed by atoms with van der Waals surface area (Å²) in [6.45, 7) is 2.65. The van der Waals surface area contributed by atoms with Gasteiger partial charge in [-0.25, -0.2) is 9.13 Å². The molecule has 0 amide bonds. The van der Waals surface area contributed by atoms with Gasteiger partial charge in [0, 0.05) is 18.8 Å². The number of unbranched alkanes of at least 4 members (excludes halogenated alkanes) is 1. The topological polar surface area (TPSA) is 48.9 Å². The van der Waals surface area contributed by atoms with Crippen molar-refractivity contribution >= 4 is 5.97 Å². The van der Waals surface area contributed by atoms with Crippen LogP contribution in [-0.4, -0.2) is 10.5 Å². The summed E-state index contributed by atoms with van der Waals surface area (Å²) in [5.41, 5.74) is 0.